The molecule has 0 unspecified atom stereocenters. The number of rotatable bonds is 3. The molecule has 140 valence electrons. The zero-order valence-electron chi connectivity index (χ0n) is 14.9. The van der Waals surface area contributed by atoms with Crippen molar-refractivity contribution in [2.75, 3.05) is 26.2 Å². The van der Waals surface area contributed by atoms with E-state index in [4.69, 9.17) is 0 Å². The van der Waals surface area contributed by atoms with Crippen molar-refractivity contribution in [1.29, 1.82) is 0 Å². The highest BCUT2D eigenvalue weighted by molar-refractivity contribution is 9.10. The lowest BCUT2D eigenvalue weighted by Gasteiger charge is -2.36. The maximum Gasteiger partial charge on any atom is 0.257 e. The fourth-order valence-electron chi connectivity index (χ4n) is 3.76. The fourth-order valence-corrected chi connectivity index (χ4v) is 4.02. The van der Waals surface area contributed by atoms with E-state index in [-0.39, 0.29) is 23.0 Å². The molecule has 0 bridgehead atoms. The Kier molecular flexibility index (Phi) is 4.68. The van der Waals surface area contributed by atoms with E-state index in [9.17, 15) is 14.7 Å². The summed E-state index contributed by atoms with van der Waals surface area (Å²) in [4.78, 5) is 29.3. The number of phenols is 1. The molecule has 1 N–H and O–H groups in total. The van der Waals surface area contributed by atoms with Gasteiger partial charge in [-0.25, -0.2) is 0 Å². The maximum absolute atomic E-state index is 13.1. The second-order valence-corrected chi connectivity index (χ2v) is 8.11. The molecular weight excluding hydrogens is 408 g/mol. The number of piperazine rings is 1. The summed E-state index contributed by atoms with van der Waals surface area (Å²) in [6.45, 7) is 2.01. The quantitative estimate of drug-likeness (QED) is 0.816. The van der Waals surface area contributed by atoms with Crippen molar-refractivity contribution in [3.8, 4) is 5.75 Å². The average molecular weight is 429 g/mol. The molecule has 2 aromatic rings. The minimum atomic E-state index is -0.384. The smallest absolute Gasteiger partial charge is 0.257 e. The van der Waals surface area contributed by atoms with Gasteiger partial charge in [-0.1, -0.05) is 40.2 Å². The number of aromatic hydroxyl groups is 1. The van der Waals surface area contributed by atoms with Crippen LogP contribution in [0.1, 0.15) is 28.8 Å². The zero-order chi connectivity index (χ0) is 19.0. The van der Waals surface area contributed by atoms with Crippen LogP contribution in [0.5, 0.6) is 5.75 Å². The van der Waals surface area contributed by atoms with Crippen molar-refractivity contribution in [3.63, 3.8) is 0 Å². The van der Waals surface area contributed by atoms with Gasteiger partial charge in [-0.05, 0) is 42.7 Å². The third-order valence-corrected chi connectivity index (χ3v) is 6.07. The monoisotopic (exact) mass is 428 g/mol. The van der Waals surface area contributed by atoms with E-state index < -0.39 is 0 Å². The molecule has 1 aliphatic carbocycles. The highest BCUT2D eigenvalue weighted by Crippen LogP contribution is 2.49. The van der Waals surface area contributed by atoms with E-state index in [0.29, 0.717) is 31.7 Å². The molecule has 2 fully saturated rings. The van der Waals surface area contributed by atoms with Crippen LogP contribution in [-0.2, 0) is 10.2 Å². The Balaban J connectivity index is 1.42. The molecule has 2 aliphatic rings. The highest BCUT2D eigenvalue weighted by atomic mass is 79.9. The number of hydrogen-bond donors (Lipinski definition) is 1. The summed E-state index contributed by atoms with van der Waals surface area (Å²) in [5.41, 5.74) is 0.999. The number of amides is 2. The van der Waals surface area contributed by atoms with Gasteiger partial charge in [0.15, 0.2) is 0 Å². The van der Waals surface area contributed by atoms with Crippen LogP contribution in [0.2, 0.25) is 0 Å². The lowest BCUT2D eigenvalue weighted by molar-refractivity contribution is -0.135. The predicted molar refractivity (Wildman–Crippen MR) is 106 cm³/mol. The van der Waals surface area contributed by atoms with Gasteiger partial charge < -0.3 is 14.9 Å². The number of phenolic OH excluding ortho intramolecular Hbond substituents is 1. The minimum absolute atomic E-state index is 0.00632. The zero-order valence-corrected chi connectivity index (χ0v) is 16.5. The fraction of sp³-hybridized carbons (Fsp3) is 0.333. The number of halogens is 1. The standard InChI is InChI=1S/C21H21BrN2O3/c22-16-7-5-15(6-8-16)21(9-10-21)20(27)24-13-11-23(12-14-24)19(26)17-3-1-2-4-18(17)25/h1-8,25H,9-14H2. The van der Waals surface area contributed by atoms with Gasteiger partial charge in [0.05, 0.1) is 11.0 Å². The largest absolute Gasteiger partial charge is 0.507 e. The van der Waals surface area contributed by atoms with Crippen LogP contribution in [0.15, 0.2) is 53.0 Å². The molecule has 1 saturated heterocycles. The molecule has 5 nitrogen and oxygen atoms in total. The summed E-state index contributed by atoms with van der Waals surface area (Å²) in [5.74, 6) is -0.0260. The van der Waals surface area contributed by atoms with E-state index in [1.165, 1.54) is 6.07 Å². The van der Waals surface area contributed by atoms with Crippen molar-refractivity contribution in [1.82, 2.24) is 9.80 Å². The predicted octanol–water partition coefficient (Wildman–Crippen LogP) is 3.17. The van der Waals surface area contributed by atoms with Crippen molar-refractivity contribution in [2.24, 2.45) is 0 Å². The first-order chi connectivity index (χ1) is 13.0. The van der Waals surface area contributed by atoms with E-state index in [0.717, 1.165) is 22.9 Å². The molecule has 4 rings (SSSR count). The number of hydrogen-bond acceptors (Lipinski definition) is 3. The van der Waals surface area contributed by atoms with Gasteiger partial charge in [0.2, 0.25) is 5.91 Å². The van der Waals surface area contributed by atoms with Crippen molar-refractivity contribution in [2.45, 2.75) is 18.3 Å². The first-order valence-corrected chi connectivity index (χ1v) is 9.93. The molecule has 0 spiro atoms. The van der Waals surface area contributed by atoms with Crippen LogP contribution in [0.4, 0.5) is 0 Å². The Morgan fingerprint density at radius 1 is 0.889 bits per heavy atom. The molecule has 2 amide bonds. The first-order valence-electron chi connectivity index (χ1n) is 9.14. The third kappa shape index (κ3) is 3.34. The van der Waals surface area contributed by atoms with Gasteiger partial charge >= 0.3 is 0 Å². The Hall–Kier alpha value is -2.34. The van der Waals surface area contributed by atoms with Gasteiger partial charge in [0, 0.05) is 30.7 Å². The van der Waals surface area contributed by atoms with Gasteiger partial charge in [0.1, 0.15) is 5.75 Å². The summed E-state index contributed by atoms with van der Waals surface area (Å²) >= 11 is 3.44. The number of carbonyl (C=O) groups excluding carboxylic acids is 2. The molecule has 0 radical (unpaired) electrons. The van der Waals surface area contributed by atoms with Gasteiger partial charge in [-0.15, -0.1) is 0 Å². The second kappa shape index (κ2) is 7.00. The SMILES string of the molecule is O=C(c1ccccc1O)N1CCN(C(=O)C2(c3ccc(Br)cc3)CC2)CC1. The Morgan fingerprint density at radius 3 is 2.07 bits per heavy atom. The van der Waals surface area contributed by atoms with Gasteiger partial charge in [-0.2, -0.15) is 0 Å². The molecule has 1 aliphatic heterocycles. The summed E-state index contributed by atoms with van der Waals surface area (Å²) in [5, 5.41) is 9.90. The summed E-state index contributed by atoms with van der Waals surface area (Å²) in [6.07, 6.45) is 1.76. The summed E-state index contributed by atoms with van der Waals surface area (Å²) in [6, 6.07) is 14.6. The summed E-state index contributed by atoms with van der Waals surface area (Å²) in [7, 11) is 0. The Labute approximate surface area is 166 Å². The Morgan fingerprint density at radius 2 is 1.48 bits per heavy atom. The molecule has 27 heavy (non-hydrogen) atoms. The molecule has 6 heteroatoms. The van der Waals surface area contributed by atoms with Crippen LogP contribution >= 0.6 is 15.9 Å². The minimum Gasteiger partial charge on any atom is -0.507 e. The third-order valence-electron chi connectivity index (χ3n) is 5.54. The van der Waals surface area contributed by atoms with Gasteiger partial charge in [-0.3, -0.25) is 9.59 Å². The Bertz CT molecular complexity index is 869. The number of benzene rings is 2. The van der Waals surface area contributed by atoms with E-state index >= 15 is 0 Å². The van der Waals surface area contributed by atoms with Gasteiger partial charge in [0.25, 0.3) is 5.91 Å². The lowest BCUT2D eigenvalue weighted by Crippen LogP contribution is -2.53. The average Bonchev–Trinajstić information content (AvgIpc) is 3.50. The number of para-hydroxylation sites is 1. The molecule has 0 aromatic heterocycles. The number of carbonyl (C=O) groups is 2. The van der Waals surface area contributed by atoms with Crippen molar-refractivity contribution in [3.05, 3.63) is 64.1 Å². The van der Waals surface area contributed by atoms with Crippen LogP contribution in [0, 0.1) is 0 Å². The lowest BCUT2D eigenvalue weighted by atomic mass is 9.94. The maximum atomic E-state index is 13.1. The second-order valence-electron chi connectivity index (χ2n) is 7.19. The molecule has 2 aromatic carbocycles. The van der Waals surface area contributed by atoms with Crippen LogP contribution < -0.4 is 0 Å². The van der Waals surface area contributed by atoms with Crippen LogP contribution in [0.3, 0.4) is 0 Å². The topological polar surface area (TPSA) is 60.9 Å². The summed E-state index contributed by atoms with van der Waals surface area (Å²) < 4.78 is 1.01. The molecule has 1 heterocycles. The highest BCUT2D eigenvalue weighted by Gasteiger charge is 2.53. The molecule has 1 saturated carbocycles. The normalized spacial score (nSPS) is 18.3. The number of nitrogens with zero attached hydrogens (tertiary/aromatic N) is 2. The van der Waals surface area contributed by atoms with Crippen LogP contribution in [0.25, 0.3) is 0 Å². The first kappa shape index (κ1) is 18.0. The van der Waals surface area contributed by atoms with E-state index in [2.05, 4.69) is 15.9 Å². The van der Waals surface area contributed by atoms with E-state index in [1.54, 1.807) is 23.1 Å². The van der Waals surface area contributed by atoms with Crippen molar-refractivity contribution < 1.29 is 14.7 Å². The van der Waals surface area contributed by atoms with Crippen molar-refractivity contribution >= 4 is 27.7 Å². The van der Waals surface area contributed by atoms with E-state index in [1.807, 2.05) is 29.2 Å². The molecular formula is C21H21BrN2O3. The van der Waals surface area contributed by atoms with Crippen LogP contribution in [-0.4, -0.2) is 52.9 Å². The molecule has 0 atom stereocenters.